The maximum absolute atomic E-state index is 12.1. The van der Waals surface area contributed by atoms with Gasteiger partial charge in [-0.2, -0.15) is 5.11 Å². The van der Waals surface area contributed by atoms with Crippen molar-refractivity contribution in [1.29, 1.82) is 0 Å². The minimum absolute atomic E-state index is 0.135. The summed E-state index contributed by atoms with van der Waals surface area (Å²) in [6, 6.07) is 5.93. The zero-order valence-corrected chi connectivity index (χ0v) is 13.6. The molecule has 1 aromatic carbocycles. The summed E-state index contributed by atoms with van der Waals surface area (Å²) in [6.45, 7) is 9.65. The largest absolute Gasteiger partial charge is 0.493 e. The van der Waals surface area contributed by atoms with Crippen LogP contribution in [-0.4, -0.2) is 9.67 Å². The predicted octanol–water partition coefficient (Wildman–Crippen LogP) is 4.22. The van der Waals surface area contributed by atoms with Crippen molar-refractivity contribution in [3.05, 3.63) is 50.8 Å². The zero-order chi connectivity index (χ0) is 16.4. The van der Waals surface area contributed by atoms with Crippen LogP contribution in [0.4, 0.5) is 11.4 Å². The van der Waals surface area contributed by atoms with Crippen molar-refractivity contribution in [2.75, 3.05) is 0 Å². The summed E-state index contributed by atoms with van der Waals surface area (Å²) >= 11 is 0. The van der Waals surface area contributed by atoms with Crippen LogP contribution in [0, 0.1) is 27.7 Å². The average Bonchev–Trinajstić information content (AvgIpc) is 2.49. The Morgan fingerprint density at radius 1 is 1.09 bits per heavy atom. The van der Waals surface area contributed by atoms with E-state index in [9.17, 15) is 9.90 Å². The van der Waals surface area contributed by atoms with Crippen LogP contribution in [0.1, 0.15) is 29.2 Å². The fourth-order valence-electron chi connectivity index (χ4n) is 2.28. The summed E-state index contributed by atoms with van der Waals surface area (Å²) < 4.78 is 1.31. The summed E-state index contributed by atoms with van der Waals surface area (Å²) in [5, 5.41) is 18.7. The van der Waals surface area contributed by atoms with Gasteiger partial charge in [-0.15, -0.1) is 5.11 Å². The monoisotopic (exact) mass is 299 g/mol. The molecule has 1 aromatic heterocycles. The second kappa shape index (κ2) is 6.13. The van der Waals surface area contributed by atoms with Crippen molar-refractivity contribution in [2.45, 2.75) is 41.2 Å². The van der Waals surface area contributed by atoms with Crippen molar-refractivity contribution in [2.24, 2.45) is 10.2 Å². The van der Waals surface area contributed by atoms with Crippen LogP contribution >= 0.6 is 0 Å². The molecule has 5 nitrogen and oxygen atoms in total. The molecule has 0 spiro atoms. The number of nitrogens with zero attached hydrogens (tertiary/aromatic N) is 3. The minimum Gasteiger partial charge on any atom is -0.493 e. The topological polar surface area (TPSA) is 66.9 Å². The molecule has 5 heteroatoms. The molecule has 2 rings (SSSR count). The molecule has 0 unspecified atom stereocenters. The summed E-state index contributed by atoms with van der Waals surface area (Å²) in [5.74, 6) is -0.135. The molecule has 0 saturated heterocycles. The van der Waals surface area contributed by atoms with Gasteiger partial charge in [0.05, 0.1) is 5.69 Å². The smallest absolute Gasteiger partial charge is 0.256 e. The van der Waals surface area contributed by atoms with Gasteiger partial charge in [0.25, 0.3) is 5.56 Å². The van der Waals surface area contributed by atoms with Crippen LogP contribution in [0.5, 0.6) is 5.88 Å². The molecule has 1 heterocycles. The third-order valence-electron chi connectivity index (χ3n) is 3.89. The van der Waals surface area contributed by atoms with Gasteiger partial charge in [-0.05, 0) is 57.4 Å². The molecule has 116 valence electrons. The van der Waals surface area contributed by atoms with Gasteiger partial charge in [-0.3, -0.25) is 9.36 Å². The first-order valence-electron chi connectivity index (χ1n) is 7.28. The molecule has 0 atom stereocenters. The van der Waals surface area contributed by atoms with Gasteiger partial charge in [0.15, 0.2) is 0 Å². The molecule has 0 aliphatic carbocycles. The fraction of sp³-hybridized carbons (Fsp3) is 0.353. The normalized spacial score (nSPS) is 11.3. The second-order valence-electron chi connectivity index (χ2n) is 5.46. The molecule has 0 fully saturated rings. The Balaban J connectivity index is 2.59. The Bertz CT molecular complexity index is 805. The van der Waals surface area contributed by atoms with E-state index in [4.69, 9.17) is 0 Å². The standard InChI is InChI=1S/C17H21N3O2/c1-6-20-16(21)13(5)12(4)15(17(20)22)19-18-14-9-10(2)7-8-11(14)3/h7-9,22H,6H2,1-5H3. The van der Waals surface area contributed by atoms with Crippen molar-refractivity contribution >= 4 is 11.4 Å². The zero-order valence-electron chi connectivity index (χ0n) is 13.6. The lowest BCUT2D eigenvalue weighted by atomic mass is 10.1. The highest BCUT2D eigenvalue weighted by Gasteiger charge is 2.15. The van der Waals surface area contributed by atoms with Crippen molar-refractivity contribution in [1.82, 2.24) is 4.57 Å². The number of pyridine rings is 1. The summed E-state index contributed by atoms with van der Waals surface area (Å²) in [4.78, 5) is 12.1. The number of hydrogen-bond acceptors (Lipinski definition) is 4. The van der Waals surface area contributed by atoms with Crippen molar-refractivity contribution < 1.29 is 5.11 Å². The summed E-state index contributed by atoms with van der Waals surface area (Å²) in [6.07, 6.45) is 0. The Hall–Kier alpha value is -2.43. The average molecular weight is 299 g/mol. The molecular weight excluding hydrogens is 278 g/mol. The molecule has 2 aromatic rings. The van der Waals surface area contributed by atoms with Gasteiger partial charge >= 0.3 is 0 Å². The van der Waals surface area contributed by atoms with E-state index in [2.05, 4.69) is 10.2 Å². The molecular formula is C17H21N3O2. The van der Waals surface area contributed by atoms with Crippen LogP contribution in [-0.2, 0) is 6.54 Å². The minimum atomic E-state index is -0.191. The molecule has 0 aliphatic rings. The lowest BCUT2D eigenvalue weighted by Gasteiger charge is -2.12. The second-order valence-corrected chi connectivity index (χ2v) is 5.46. The Kier molecular flexibility index (Phi) is 4.45. The van der Waals surface area contributed by atoms with Gasteiger partial charge in [-0.25, -0.2) is 0 Å². The molecule has 22 heavy (non-hydrogen) atoms. The quantitative estimate of drug-likeness (QED) is 0.862. The first kappa shape index (κ1) is 15.9. The Morgan fingerprint density at radius 3 is 2.41 bits per heavy atom. The molecule has 0 amide bonds. The van der Waals surface area contributed by atoms with Crippen molar-refractivity contribution in [3.8, 4) is 5.88 Å². The van der Waals surface area contributed by atoms with E-state index in [1.165, 1.54) is 4.57 Å². The summed E-state index contributed by atoms with van der Waals surface area (Å²) in [7, 11) is 0. The number of benzene rings is 1. The van der Waals surface area contributed by atoms with Crippen LogP contribution in [0.25, 0.3) is 0 Å². The highest BCUT2D eigenvalue weighted by Crippen LogP contribution is 2.32. The van der Waals surface area contributed by atoms with Gasteiger partial charge in [0.1, 0.15) is 5.69 Å². The van der Waals surface area contributed by atoms with E-state index in [1.54, 1.807) is 13.8 Å². The third kappa shape index (κ3) is 2.79. The number of rotatable bonds is 3. The van der Waals surface area contributed by atoms with E-state index in [0.29, 0.717) is 23.4 Å². The molecule has 1 N–H and O–H groups in total. The fourth-order valence-corrected chi connectivity index (χ4v) is 2.28. The Morgan fingerprint density at radius 2 is 1.77 bits per heavy atom. The van der Waals surface area contributed by atoms with E-state index >= 15 is 0 Å². The maximum Gasteiger partial charge on any atom is 0.256 e. The molecule has 0 bridgehead atoms. The first-order valence-corrected chi connectivity index (χ1v) is 7.28. The predicted molar refractivity (Wildman–Crippen MR) is 87.6 cm³/mol. The molecule has 0 saturated carbocycles. The highest BCUT2D eigenvalue weighted by atomic mass is 16.3. The Labute approximate surface area is 130 Å². The first-order chi connectivity index (χ1) is 10.4. The number of aryl methyl sites for hydroxylation is 2. The number of aromatic hydroxyl groups is 1. The number of aromatic nitrogens is 1. The highest BCUT2D eigenvalue weighted by molar-refractivity contribution is 5.56. The number of azo groups is 1. The maximum atomic E-state index is 12.1. The summed E-state index contributed by atoms with van der Waals surface area (Å²) in [5.41, 5.74) is 4.24. The molecule has 0 radical (unpaired) electrons. The van der Waals surface area contributed by atoms with Gasteiger partial charge in [0.2, 0.25) is 5.88 Å². The van der Waals surface area contributed by atoms with Gasteiger partial charge < -0.3 is 5.11 Å². The van der Waals surface area contributed by atoms with Crippen LogP contribution in [0.15, 0.2) is 33.2 Å². The van der Waals surface area contributed by atoms with E-state index < -0.39 is 0 Å². The van der Waals surface area contributed by atoms with E-state index in [0.717, 1.165) is 16.8 Å². The van der Waals surface area contributed by atoms with Crippen LogP contribution in [0.3, 0.4) is 0 Å². The van der Waals surface area contributed by atoms with Crippen LogP contribution < -0.4 is 5.56 Å². The number of hydrogen-bond donors (Lipinski definition) is 1. The van der Waals surface area contributed by atoms with Crippen LogP contribution in [0.2, 0.25) is 0 Å². The van der Waals surface area contributed by atoms with E-state index in [1.807, 2.05) is 39.0 Å². The third-order valence-corrected chi connectivity index (χ3v) is 3.89. The van der Waals surface area contributed by atoms with Gasteiger partial charge in [0, 0.05) is 12.1 Å². The van der Waals surface area contributed by atoms with Crippen molar-refractivity contribution in [3.63, 3.8) is 0 Å². The molecule has 0 aliphatic heterocycles. The lowest BCUT2D eigenvalue weighted by Crippen LogP contribution is -2.22. The SMILES string of the molecule is CCn1c(O)c(N=Nc2cc(C)ccc2C)c(C)c(C)c1=O. The van der Waals surface area contributed by atoms with Gasteiger partial charge in [-0.1, -0.05) is 12.1 Å². The lowest BCUT2D eigenvalue weighted by molar-refractivity contribution is 0.411. The van der Waals surface area contributed by atoms with E-state index in [-0.39, 0.29) is 11.4 Å².